The summed E-state index contributed by atoms with van der Waals surface area (Å²) in [6.45, 7) is 17.5. The molecule has 2 bridgehead atoms. The minimum Gasteiger partial charge on any atom is -0.449 e. The highest BCUT2D eigenvalue weighted by molar-refractivity contribution is 7.99. The van der Waals surface area contributed by atoms with E-state index < -0.39 is 5.60 Å². The van der Waals surface area contributed by atoms with Gasteiger partial charge in [0.1, 0.15) is 17.1 Å². The van der Waals surface area contributed by atoms with Crippen molar-refractivity contribution in [3.8, 4) is 11.8 Å². The molecule has 0 unspecified atom stereocenters. The van der Waals surface area contributed by atoms with E-state index in [0.29, 0.717) is 35.1 Å². The van der Waals surface area contributed by atoms with Crippen LogP contribution in [0.1, 0.15) is 74.1 Å². The van der Waals surface area contributed by atoms with Crippen molar-refractivity contribution in [1.82, 2.24) is 4.90 Å². The highest BCUT2D eigenvalue weighted by Gasteiger charge is 2.61. The molecule has 4 rings (SSSR count). The van der Waals surface area contributed by atoms with Gasteiger partial charge in [0.05, 0.1) is 6.04 Å². The van der Waals surface area contributed by atoms with Gasteiger partial charge in [-0.15, -0.1) is 0 Å². The lowest BCUT2D eigenvalue weighted by atomic mass is 9.77. The number of ether oxygens (including phenoxy) is 2. The van der Waals surface area contributed by atoms with E-state index in [9.17, 15) is 4.79 Å². The molecule has 1 aliphatic carbocycles. The average Bonchev–Trinajstić information content (AvgIpc) is 3.19. The number of nitrogens with zero attached hydrogens (tertiary/aromatic N) is 1. The first kappa shape index (κ1) is 23.9. The van der Waals surface area contributed by atoms with E-state index in [1.165, 1.54) is 12.8 Å². The van der Waals surface area contributed by atoms with Gasteiger partial charge in [-0.2, -0.15) is 0 Å². The standard InChI is InChI=1S/C27H40NO3S/c1-18(2)26(7,32(19(3)4)20(5)6)30-14-10-11-21-15-22-17-27(23(21)16-25(29)31-27)24-12-8-9-13-28(22)24/h15-16,18-20,22,24H,8-9,12-14,17H2,1-7H3/q+1/t22-,24-,26+,27+/m1/s1. The minimum absolute atomic E-state index is 0.126. The van der Waals surface area contributed by atoms with Crippen molar-refractivity contribution in [3.63, 3.8) is 0 Å². The Morgan fingerprint density at radius 2 is 1.97 bits per heavy atom. The molecular formula is C27H40NO3S+. The second-order valence-electron chi connectivity index (χ2n) is 10.7. The maximum atomic E-state index is 12.3. The molecule has 3 aliphatic heterocycles. The third kappa shape index (κ3) is 3.87. The van der Waals surface area contributed by atoms with Crippen LogP contribution in [0.3, 0.4) is 0 Å². The largest absolute Gasteiger partial charge is 0.449 e. The fourth-order valence-corrected chi connectivity index (χ4v) is 10.2. The molecule has 2 saturated heterocycles. The third-order valence-corrected chi connectivity index (χ3v) is 11.4. The Bertz CT molecular complexity index is 871. The number of rotatable bonds is 6. The molecule has 5 heteroatoms. The van der Waals surface area contributed by atoms with Gasteiger partial charge in [0.25, 0.3) is 0 Å². The topological polar surface area (TPSA) is 38.8 Å². The van der Waals surface area contributed by atoms with Crippen molar-refractivity contribution in [2.24, 2.45) is 5.92 Å². The Kier molecular flexibility index (Phi) is 6.62. The molecule has 0 aromatic rings. The predicted octanol–water partition coefficient (Wildman–Crippen LogP) is 4.60. The van der Waals surface area contributed by atoms with Gasteiger partial charge in [0.2, 0.25) is 4.93 Å². The molecule has 1 spiro atoms. The zero-order valence-electron chi connectivity index (χ0n) is 20.9. The van der Waals surface area contributed by atoms with Gasteiger partial charge in [0.15, 0.2) is 5.60 Å². The zero-order chi connectivity index (χ0) is 23.3. The Hall–Kier alpha value is -1.22. The number of fused-ring (bicyclic) bond motifs is 3. The number of carbonyl (C=O) groups is 1. The highest BCUT2D eigenvalue weighted by atomic mass is 32.2. The molecular weight excluding hydrogens is 418 g/mol. The van der Waals surface area contributed by atoms with Crippen molar-refractivity contribution in [1.29, 1.82) is 0 Å². The number of hydrogen-bond acceptors (Lipinski definition) is 4. The Labute approximate surface area is 197 Å². The van der Waals surface area contributed by atoms with Crippen LogP contribution in [0.4, 0.5) is 0 Å². The summed E-state index contributed by atoms with van der Waals surface area (Å²) < 4.78 is 12.6. The molecule has 0 amide bonds. The maximum Gasteiger partial charge on any atom is 0.332 e. The molecule has 0 saturated carbocycles. The fourth-order valence-electron chi connectivity index (χ4n) is 6.47. The quantitative estimate of drug-likeness (QED) is 0.331. The van der Waals surface area contributed by atoms with Crippen LogP contribution in [0.15, 0.2) is 23.3 Å². The normalized spacial score (nSPS) is 31.2. The summed E-state index contributed by atoms with van der Waals surface area (Å²) in [6, 6.07) is 0.622. The molecule has 0 N–H and O–H groups in total. The molecule has 3 heterocycles. The molecule has 4 aliphatic rings. The third-order valence-electron chi connectivity index (χ3n) is 7.86. The zero-order valence-corrected chi connectivity index (χ0v) is 21.7. The maximum absolute atomic E-state index is 12.3. The molecule has 4 nitrogen and oxygen atoms in total. The summed E-state index contributed by atoms with van der Waals surface area (Å²) in [4.78, 5) is 14.7. The summed E-state index contributed by atoms with van der Waals surface area (Å²) in [7, 11) is 0.126. The van der Waals surface area contributed by atoms with E-state index in [0.717, 1.165) is 30.5 Å². The first-order chi connectivity index (χ1) is 15.1. The molecule has 0 aromatic heterocycles. The second-order valence-corrected chi connectivity index (χ2v) is 14.1. The van der Waals surface area contributed by atoms with Crippen molar-refractivity contribution >= 4 is 16.9 Å². The van der Waals surface area contributed by atoms with Gasteiger partial charge < -0.3 is 9.47 Å². The number of esters is 1. The van der Waals surface area contributed by atoms with E-state index in [-0.39, 0.29) is 21.8 Å². The van der Waals surface area contributed by atoms with E-state index in [4.69, 9.17) is 9.47 Å². The van der Waals surface area contributed by atoms with Gasteiger partial charge in [-0.25, -0.2) is 4.79 Å². The van der Waals surface area contributed by atoms with Gasteiger partial charge in [-0.05, 0) is 47.1 Å². The number of hydrogen-bond donors (Lipinski definition) is 0. The Morgan fingerprint density at radius 1 is 1.25 bits per heavy atom. The van der Waals surface area contributed by atoms with Crippen LogP contribution < -0.4 is 0 Å². The summed E-state index contributed by atoms with van der Waals surface area (Å²) in [6.07, 6.45) is 8.38. The first-order valence-electron chi connectivity index (χ1n) is 12.4. The average molecular weight is 459 g/mol. The summed E-state index contributed by atoms with van der Waals surface area (Å²) in [5.41, 5.74) is 1.51. The number of piperidine rings is 1. The highest BCUT2D eigenvalue weighted by Crippen LogP contribution is 2.53. The SMILES string of the molecule is CC(C)[S+](C(C)C)[C@](C)(OCC#CC1=C[C@@H]2C[C@@]3(OC(=O)C=C13)[C@H]1CCCCN21)C(C)C. The predicted molar refractivity (Wildman–Crippen MR) is 132 cm³/mol. The lowest BCUT2D eigenvalue weighted by Gasteiger charge is -2.38. The van der Waals surface area contributed by atoms with Gasteiger partial charge >= 0.3 is 5.97 Å². The fraction of sp³-hybridized carbons (Fsp3) is 0.741. The smallest absolute Gasteiger partial charge is 0.332 e. The molecule has 0 aromatic carbocycles. The van der Waals surface area contributed by atoms with Crippen LogP contribution in [0.25, 0.3) is 0 Å². The lowest BCUT2D eigenvalue weighted by molar-refractivity contribution is -0.148. The summed E-state index contributed by atoms with van der Waals surface area (Å²) in [5, 5.41) is 1.13. The molecule has 4 atom stereocenters. The van der Waals surface area contributed by atoms with Crippen LogP contribution >= 0.6 is 0 Å². The molecule has 176 valence electrons. The van der Waals surface area contributed by atoms with Gasteiger partial charge in [-0.1, -0.05) is 38.2 Å². The van der Waals surface area contributed by atoms with Crippen molar-refractivity contribution < 1.29 is 14.3 Å². The van der Waals surface area contributed by atoms with Crippen LogP contribution in [0.2, 0.25) is 0 Å². The van der Waals surface area contributed by atoms with Crippen molar-refractivity contribution in [2.75, 3.05) is 13.2 Å². The van der Waals surface area contributed by atoms with E-state index in [1.54, 1.807) is 6.08 Å². The van der Waals surface area contributed by atoms with Crippen LogP contribution in [0, 0.1) is 17.8 Å². The van der Waals surface area contributed by atoms with Crippen molar-refractivity contribution in [2.45, 2.75) is 107 Å². The van der Waals surface area contributed by atoms with E-state index >= 15 is 0 Å². The summed E-state index contributed by atoms with van der Waals surface area (Å²) in [5.74, 6) is 6.90. The molecule has 0 radical (unpaired) electrons. The van der Waals surface area contributed by atoms with Crippen LogP contribution in [0.5, 0.6) is 0 Å². The van der Waals surface area contributed by atoms with Crippen LogP contribution in [-0.2, 0) is 25.2 Å². The summed E-state index contributed by atoms with van der Waals surface area (Å²) >= 11 is 0. The van der Waals surface area contributed by atoms with Crippen molar-refractivity contribution in [3.05, 3.63) is 23.3 Å². The number of carbonyl (C=O) groups excluding carboxylic acids is 1. The lowest BCUT2D eigenvalue weighted by Crippen LogP contribution is -2.50. The minimum atomic E-state index is -0.476. The van der Waals surface area contributed by atoms with Crippen LogP contribution in [-0.4, -0.2) is 57.1 Å². The van der Waals surface area contributed by atoms with E-state index in [1.807, 2.05) is 0 Å². The molecule has 2 fully saturated rings. The Morgan fingerprint density at radius 3 is 2.62 bits per heavy atom. The Balaban J connectivity index is 1.55. The molecule has 32 heavy (non-hydrogen) atoms. The first-order valence-corrected chi connectivity index (χ1v) is 13.7. The van der Waals surface area contributed by atoms with Gasteiger partial charge in [0, 0.05) is 53.4 Å². The van der Waals surface area contributed by atoms with E-state index in [2.05, 4.69) is 71.3 Å². The van der Waals surface area contributed by atoms with Gasteiger partial charge in [-0.3, -0.25) is 4.90 Å². The monoisotopic (exact) mass is 458 g/mol. The second kappa shape index (κ2) is 8.85.